The molecule has 15 heteroatoms. The summed E-state index contributed by atoms with van der Waals surface area (Å²) >= 11 is 0. The van der Waals surface area contributed by atoms with Crippen LogP contribution in [0.4, 0.5) is 0 Å². The molecule has 2 fully saturated rings. The van der Waals surface area contributed by atoms with Crippen LogP contribution in [0.1, 0.15) is 149 Å². The topological polar surface area (TPSA) is 231 Å². The Bertz CT molecular complexity index is 1440. The van der Waals surface area contributed by atoms with Crippen LogP contribution in [0, 0.1) is 0 Å². The van der Waals surface area contributed by atoms with Crippen LogP contribution in [0.25, 0.3) is 0 Å². The molecule has 2 aliphatic rings. The molecule has 384 valence electrons. The molecule has 0 aromatic carbocycles. The van der Waals surface area contributed by atoms with Gasteiger partial charge in [0, 0.05) is 12.8 Å². The maximum absolute atomic E-state index is 13.0. The van der Waals surface area contributed by atoms with Crippen LogP contribution >= 0.6 is 0 Å². The SMILES string of the molecule is CC/C=C/C=C/C=C/CCCCCCCC(=O)OC(COC(=O)CCCCCCC/C=C/C=C/C=C/CCCCCCC)CO[C@@H]1O[C@H](CO[C@@H]2O[C@H](CO)[C@H](O)C(O)C2O)[C@H](O)C(O)C1O. The number of esters is 2. The van der Waals surface area contributed by atoms with Gasteiger partial charge in [-0.3, -0.25) is 9.59 Å². The number of rotatable bonds is 37. The van der Waals surface area contributed by atoms with Crippen LogP contribution in [-0.2, 0) is 38.0 Å². The number of ether oxygens (including phenoxy) is 6. The van der Waals surface area contributed by atoms with Crippen molar-refractivity contribution in [3.05, 3.63) is 72.9 Å². The predicted octanol–water partition coefficient (Wildman–Crippen LogP) is 6.65. The van der Waals surface area contributed by atoms with Crippen molar-refractivity contribution in [1.29, 1.82) is 0 Å². The van der Waals surface area contributed by atoms with Gasteiger partial charge in [0.2, 0.25) is 0 Å². The summed E-state index contributed by atoms with van der Waals surface area (Å²) in [7, 11) is 0. The highest BCUT2D eigenvalue weighted by molar-refractivity contribution is 5.70. The van der Waals surface area contributed by atoms with E-state index in [-0.39, 0.29) is 19.4 Å². The minimum Gasteiger partial charge on any atom is -0.462 e. The largest absolute Gasteiger partial charge is 0.462 e. The van der Waals surface area contributed by atoms with Gasteiger partial charge in [0.1, 0.15) is 55.4 Å². The lowest BCUT2D eigenvalue weighted by molar-refractivity contribution is -0.332. The van der Waals surface area contributed by atoms with E-state index in [0.717, 1.165) is 77.0 Å². The zero-order chi connectivity index (χ0) is 48.9. The molecule has 0 radical (unpaired) electrons. The first kappa shape index (κ1) is 60.1. The standard InChI is InChI=1S/C52H86O15/c1-3-5-7-9-11-13-15-17-18-19-20-21-23-24-26-28-30-32-34-43(54)62-37-40(65-44(55)35-33-31-29-27-25-22-16-14-12-10-8-6-4-2)38-63-51-50(61)48(59)46(57)42(67-51)39-64-52-49(60)47(58)45(56)41(36-53)66-52/h6,8,10,12,14-21,40-42,45-53,56-61H,3-5,7,9,11,13,22-39H2,1-2H3/b8-6+,12-10+,16-14+,17-15+,19-18+,21-20+/t40?,41-,42-,45+,46+,47?,48?,49?,50?,51-,52-/m1/s1. The fourth-order valence-electron chi connectivity index (χ4n) is 7.39. The number of carbonyl (C=O) groups is 2. The quantitative estimate of drug-likeness (QED) is 0.0196. The normalized spacial score (nSPS) is 26.6. The molecule has 0 bridgehead atoms. The van der Waals surface area contributed by atoms with Crippen molar-refractivity contribution < 1.29 is 73.8 Å². The minimum absolute atomic E-state index is 0.133. The van der Waals surface area contributed by atoms with Crippen LogP contribution in [0.3, 0.4) is 0 Å². The average molecular weight is 951 g/mol. The molecule has 0 saturated carbocycles. The van der Waals surface area contributed by atoms with Gasteiger partial charge in [0.05, 0.1) is 19.8 Å². The lowest BCUT2D eigenvalue weighted by atomic mass is 9.98. The summed E-state index contributed by atoms with van der Waals surface area (Å²) in [5.41, 5.74) is 0. The van der Waals surface area contributed by atoms with Gasteiger partial charge in [-0.1, -0.05) is 151 Å². The number of hydrogen-bond acceptors (Lipinski definition) is 15. The first-order valence-corrected chi connectivity index (χ1v) is 25.1. The number of allylic oxidation sites excluding steroid dienone is 12. The second-order valence-corrected chi connectivity index (χ2v) is 17.4. The lowest BCUT2D eigenvalue weighted by Gasteiger charge is -2.42. The molecule has 2 rings (SSSR count). The summed E-state index contributed by atoms with van der Waals surface area (Å²) in [5.74, 6) is -0.979. The van der Waals surface area contributed by atoms with Gasteiger partial charge in [-0.25, -0.2) is 0 Å². The van der Waals surface area contributed by atoms with E-state index in [0.29, 0.717) is 12.8 Å². The van der Waals surface area contributed by atoms with E-state index < -0.39 is 99.3 Å². The van der Waals surface area contributed by atoms with Crippen molar-refractivity contribution in [3.8, 4) is 0 Å². The van der Waals surface area contributed by atoms with Gasteiger partial charge in [0.25, 0.3) is 0 Å². The smallest absolute Gasteiger partial charge is 0.306 e. The van der Waals surface area contributed by atoms with Crippen molar-refractivity contribution >= 4 is 11.9 Å². The summed E-state index contributed by atoms with van der Waals surface area (Å²) in [6, 6.07) is 0. The van der Waals surface area contributed by atoms with Crippen LogP contribution in [0.15, 0.2) is 72.9 Å². The molecule has 0 spiro atoms. The highest BCUT2D eigenvalue weighted by atomic mass is 16.7. The van der Waals surface area contributed by atoms with Crippen molar-refractivity contribution in [1.82, 2.24) is 0 Å². The predicted molar refractivity (Wildman–Crippen MR) is 256 cm³/mol. The van der Waals surface area contributed by atoms with E-state index in [1.807, 2.05) is 24.3 Å². The Kier molecular flexibility index (Phi) is 34.7. The van der Waals surface area contributed by atoms with Crippen LogP contribution in [0.2, 0.25) is 0 Å². The summed E-state index contributed by atoms with van der Waals surface area (Å²) < 4.78 is 33.5. The molecular weight excluding hydrogens is 865 g/mol. The Morgan fingerprint density at radius 2 is 0.940 bits per heavy atom. The van der Waals surface area contributed by atoms with Gasteiger partial charge in [-0.15, -0.1) is 0 Å². The van der Waals surface area contributed by atoms with Gasteiger partial charge in [0.15, 0.2) is 18.7 Å². The van der Waals surface area contributed by atoms with Gasteiger partial charge < -0.3 is 64.2 Å². The molecule has 0 aromatic rings. The summed E-state index contributed by atoms with van der Waals surface area (Å²) in [6.45, 7) is 2.37. The fraction of sp³-hybridized carbons (Fsp3) is 0.731. The van der Waals surface area contributed by atoms with Crippen LogP contribution in [0.5, 0.6) is 0 Å². The Labute approximate surface area is 400 Å². The molecule has 11 atom stereocenters. The van der Waals surface area contributed by atoms with Gasteiger partial charge in [-0.2, -0.15) is 0 Å². The number of hydrogen-bond donors (Lipinski definition) is 7. The lowest BCUT2D eigenvalue weighted by Crippen LogP contribution is -2.61. The third kappa shape index (κ3) is 27.1. The van der Waals surface area contributed by atoms with Gasteiger partial charge in [-0.05, 0) is 57.8 Å². The molecule has 0 aromatic heterocycles. The van der Waals surface area contributed by atoms with Gasteiger partial charge >= 0.3 is 11.9 Å². The maximum Gasteiger partial charge on any atom is 0.306 e. The Hall–Kier alpha value is -3.06. The van der Waals surface area contributed by atoms with Crippen molar-refractivity contribution in [2.45, 2.75) is 216 Å². The van der Waals surface area contributed by atoms with E-state index in [1.54, 1.807) is 0 Å². The Morgan fingerprint density at radius 3 is 1.46 bits per heavy atom. The second kappa shape index (κ2) is 38.8. The molecule has 2 saturated heterocycles. The molecule has 67 heavy (non-hydrogen) atoms. The highest BCUT2D eigenvalue weighted by Gasteiger charge is 2.47. The Morgan fingerprint density at radius 1 is 0.493 bits per heavy atom. The second-order valence-electron chi connectivity index (χ2n) is 17.4. The summed E-state index contributed by atoms with van der Waals surface area (Å²) in [6.07, 6.45) is 27.9. The molecule has 0 amide bonds. The molecular formula is C52H86O15. The first-order valence-electron chi connectivity index (χ1n) is 25.1. The van der Waals surface area contributed by atoms with E-state index in [9.17, 15) is 45.3 Å². The third-order valence-corrected chi connectivity index (χ3v) is 11.5. The third-order valence-electron chi connectivity index (χ3n) is 11.5. The summed E-state index contributed by atoms with van der Waals surface area (Å²) in [4.78, 5) is 25.7. The van der Waals surface area contributed by atoms with E-state index in [4.69, 9.17) is 28.4 Å². The zero-order valence-corrected chi connectivity index (χ0v) is 40.4. The monoisotopic (exact) mass is 951 g/mol. The molecule has 2 aliphatic heterocycles. The van der Waals surface area contributed by atoms with E-state index >= 15 is 0 Å². The van der Waals surface area contributed by atoms with Crippen LogP contribution in [-0.4, -0.2) is 142 Å². The maximum atomic E-state index is 13.0. The van der Waals surface area contributed by atoms with E-state index in [2.05, 4.69) is 62.5 Å². The van der Waals surface area contributed by atoms with Crippen molar-refractivity contribution in [2.24, 2.45) is 0 Å². The summed E-state index contributed by atoms with van der Waals surface area (Å²) in [5, 5.41) is 72.0. The van der Waals surface area contributed by atoms with E-state index in [1.165, 1.54) is 32.1 Å². The minimum atomic E-state index is -1.78. The number of unbranched alkanes of at least 4 members (excludes halogenated alkanes) is 15. The van der Waals surface area contributed by atoms with Crippen LogP contribution < -0.4 is 0 Å². The number of aliphatic hydroxyl groups excluding tert-OH is 7. The first-order chi connectivity index (χ1) is 32.5. The zero-order valence-electron chi connectivity index (χ0n) is 40.4. The Balaban J connectivity index is 1.83. The molecule has 2 heterocycles. The fourth-order valence-corrected chi connectivity index (χ4v) is 7.39. The molecule has 15 nitrogen and oxygen atoms in total. The molecule has 7 N–H and O–H groups in total. The van der Waals surface area contributed by atoms with Crippen molar-refractivity contribution in [3.63, 3.8) is 0 Å². The molecule has 5 unspecified atom stereocenters. The number of aliphatic hydroxyl groups is 7. The highest BCUT2D eigenvalue weighted by Crippen LogP contribution is 2.26. The van der Waals surface area contributed by atoms with Crippen molar-refractivity contribution in [2.75, 3.05) is 26.4 Å². The molecule has 0 aliphatic carbocycles. The number of carbonyl (C=O) groups excluding carboxylic acids is 2. The average Bonchev–Trinajstić information content (AvgIpc) is 3.32.